The van der Waals surface area contributed by atoms with Crippen LogP contribution in [0.3, 0.4) is 0 Å². The van der Waals surface area contributed by atoms with E-state index in [1.807, 2.05) is 0 Å². The third-order valence-electron chi connectivity index (χ3n) is 3.83. The van der Waals surface area contributed by atoms with Gasteiger partial charge in [0.15, 0.2) is 5.72 Å². The van der Waals surface area contributed by atoms with Crippen molar-refractivity contribution in [3.63, 3.8) is 0 Å². The molecular weight excluding hydrogens is 274 g/mol. The molecule has 0 radical (unpaired) electrons. The Morgan fingerprint density at radius 2 is 2.05 bits per heavy atom. The van der Waals surface area contributed by atoms with Gasteiger partial charge in [-0.1, -0.05) is 0 Å². The van der Waals surface area contributed by atoms with E-state index in [1.165, 1.54) is 0 Å². The fraction of sp³-hybridized carbons (Fsp3) is 0.818. The first-order chi connectivity index (χ1) is 9.39. The SMILES string of the molecule is O=C(O)[C@@H]1CCC(=O)N1C1(CO)O[C@H](CO)[C@@H](O)[C@@H]1O. The number of ether oxygens (including phenoxy) is 1. The smallest absolute Gasteiger partial charge is 0.326 e. The number of carboxylic acid groups (broad SMARTS) is 1. The molecule has 0 aromatic rings. The molecular formula is C11H17NO8. The van der Waals surface area contributed by atoms with Gasteiger partial charge in [0, 0.05) is 6.42 Å². The Kier molecular flexibility index (Phi) is 3.98. The van der Waals surface area contributed by atoms with Crippen LogP contribution in [-0.4, -0.2) is 85.6 Å². The molecule has 2 saturated heterocycles. The summed E-state index contributed by atoms with van der Waals surface area (Å²) in [5.74, 6) is -1.89. The molecule has 2 fully saturated rings. The Balaban J connectivity index is 2.40. The minimum Gasteiger partial charge on any atom is -0.480 e. The maximum Gasteiger partial charge on any atom is 0.326 e. The van der Waals surface area contributed by atoms with Crippen molar-refractivity contribution >= 4 is 11.9 Å². The zero-order chi connectivity index (χ0) is 15.1. The number of nitrogens with zero attached hydrogens (tertiary/aromatic N) is 1. The monoisotopic (exact) mass is 291 g/mol. The van der Waals surface area contributed by atoms with Crippen LogP contribution in [0.5, 0.6) is 0 Å². The number of aliphatic hydroxyl groups excluding tert-OH is 4. The van der Waals surface area contributed by atoms with E-state index in [9.17, 15) is 24.9 Å². The highest BCUT2D eigenvalue weighted by molar-refractivity contribution is 5.88. The maximum atomic E-state index is 11.9. The molecule has 1 amide bonds. The van der Waals surface area contributed by atoms with Crippen LogP contribution in [0.4, 0.5) is 0 Å². The third kappa shape index (κ3) is 1.98. The van der Waals surface area contributed by atoms with Crippen molar-refractivity contribution in [2.24, 2.45) is 0 Å². The zero-order valence-electron chi connectivity index (χ0n) is 10.5. The van der Waals surface area contributed by atoms with Gasteiger partial charge in [-0.15, -0.1) is 0 Å². The Labute approximate surface area is 114 Å². The molecule has 1 unspecified atom stereocenters. The van der Waals surface area contributed by atoms with Crippen LogP contribution in [0.2, 0.25) is 0 Å². The van der Waals surface area contributed by atoms with Crippen molar-refractivity contribution < 1.29 is 39.9 Å². The van der Waals surface area contributed by atoms with Gasteiger partial charge in [0.2, 0.25) is 5.91 Å². The molecule has 9 heteroatoms. The number of carboxylic acids is 1. The number of carbonyl (C=O) groups excluding carboxylic acids is 1. The van der Waals surface area contributed by atoms with E-state index in [0.29, 0.717) is 0 Å². The highest BCUT2D eigenvalue weighted by atomic mass is 16.6. The molecule has 9 nitrogen and oxygen atoms in total. The van der Waals surface area contributed by atoms with Crippen molar-refractivity contribution in [2.75, 3.05) is 13.2 Å². The quantitative estimate of drug-likeness (QED) is 0.365. The number of hydrogen-bond donors (Lipinski definition) is 5. The summed E-state index contributed by atoms with van der Waals surface area (Å²) in [5.41, 5.74) is -2.05. The van der Waals surface area contributed by atoms with Crippen molar-refractivity contribution in [3.8, 4) is 0 Å². The number of hydrogen-bond acceptors (Lipinski definition) is 7. The summed E-state index contributed by atoms with van der Waals surface area (Å²) in [4.78, 5) is 23.9. The minimum absolute atomic E-state index is 0.0197. The summed E-state index contributed by atoms with van der Waals surface area (Å²) in [5, 5.41) is 47.5. The van der Waals surface area contributed by atoms with E-state index < -0.39 is 55.2 Å². The van der Waals surface area contributed by atoms with E-state index in [-0.39, 0.29) is 12.8 Å². The number of amides is 1. The van der Waals surface area contributed by atoms with E-state index in [0.717, 1.165) is 4.90 Å². The van der Waals surface area contributed by atoms with Crippen LogP contribution in [0.1, 0.15) is 12.8 Å². The summed E-state index contributed by atoms with van der Waals surface area (Å²) >= 11 is 0. The molecule has 5 atom stereocenters. The number of likely N-dealkylation sites (tertiary alicyclic amines) is 1. The third-order valence-corrected chi connectivity index (χ3v) is 3.83. The van der Waals surface area contributed by atoms with Gasteiger partial charge < -0.3 is 30.3 Å². The Hall–Kier alpha value is -1.26. The number of aliphatic carboxylic acids is 1. The van der Waals surface area contributed by atoms with Gasteiger partial charge in [0.1, 0.15) is 24.4 Å². The Morgan fingerprint density at radius 3 is 2.50 bits per heavy atom. The lowest BCUT2D eigenvalue weighted by atomic mass is 10.0. The zero-order valence-corrected chi connectivity index (χ0v) is 10.5. The largest absolute Gasteiger partial charge is 0.480 e. The molecule has 0 saturated carbocycles. The van der Waals surface area contributed by atoms with Crippen LogP contribution in [0.15, 0.2) is 0 Å². The summed E-state index contributed by atoms with van der Waals surface area (Å²) in [6.07, 6.45) is -4.50. The number of rotatable bonds is 4. The maximum absolute atomic E-state index is 11.9. The summed E-state index contributed by atoms with van der Waals surface area (Å²) in [7, 11) is 0. The van der Waals surface area contributed by atoms with Crippen molar-refractivity contribution in [1.29, 1.82) is 0 Å². The fourth-order valence-corrected chi connectivity index (χ4v) is 2.82. The number of carbonyl (C=O) groups is 2. The first-order valence-corrected chi connectivity index (χ1v) is 6.19. The second-order valence-electron chi connectivity index (χ2n) is 4.93. The van der Waals surface area contributed by atoms with Crippen LogP contribution >= 0.6 is 0 Å². The molecule has 0 aromatic heterocycles. The second-order valence-corrected chi connectivity index (χ2v) is 4.93. The van der Waals surface area contributed by atoms with E-state index >= 15 is 0 Å². The first kappa shape index (κ1) is 15.1. The molecule has 2 aliphatic rings. The molecule has 2 heterocycles. The first-order valence-electron chi connectivity index (χ1n) is 6.19. The fourth-order valence-electron chi connectivity index (χ4n) is 2.82. The van der Waals surface area contributed by atoms with Crippen molar-refractivity contribution in [2.45, 2.75) is 42.9 Å². The van der Waals surface area contributed by atoms with Crippen molar-refractivity contribution in [3.05, 3.63) is 0 Å². The van der Waals surface area contributed by atoms with Crippen molar-refractivity contribution in [1.82, 2.24) is 4.90 Å². The van der Waals surface area contributed by atoms with Crippen LogP contribution in [0.25, 0.3) is 0 Å². The van der Waals surface area contributed by atoms with Crippen LogP contribution < -0.4 is 0 Å². The second kappa shape index (κ2) is 5.26. The highest BCUT2D eigenvalue weighted by Gasteiger charge is 2.62. The van der Waals surface area contributed by atoms with E-state index in [1.54, 1.807) is 0 Å². The molecule has 0 bridgehead atoms. The molecule has 0 aromatic carbocycles. The van der Waals surface area contributed by atoms with Gasteiger partial charge in [-0.3, -0.25) is 9.69 Å². The lowest BCUT2D eigenvalue weighted by Crippen LogP contribution is -2.63. The predicted octanol–water partition coefficient (Wildman–Crippen LogP) is -3.14. The molecule has 0 spiro atoms. The van der Waals surface area contributed by atoms with Crippen LogP contribution in [-0.2, 0) is 14.3 Å². The van der Waals surface area contributed by atoms with Gasteiger partial charge in [0.05, 0.1) is 13.2 Å². The molecule has 5 N–H and O–H groups in total. The Bertz CT molecular complexity index is 415. The normalized spacial score (nSPS) is 41.4. The standard InChI is InChI=1S/C11H17NO8/c13-3-6-8(16)9(17)11(4-14,20-6)12-5(10(18)19)1-2-7(12)15/h5-6,8-9,13-14,16-17H,1-4H2,(H,18,19)/t5-,6+,8+,9-,11?/m0/s1. The lowest BCUT2D eigenvalue weighted by Gasteiger charge is -2.41. The van der Waals surface area contributed by atoms with Gasteiger partial charge in [0.25, 0.3) is 0 Å². The Morgan fingerprint density at radius 1 is 1.40 bits per heavy atom. The average Bonchev–Trinajstić information content (AvgIpc) is 2.92. The molecule has 2 aliphatic heterocycles. The van der Waals surface area contributed by atoms with E-state index in [4.69, 9.17) is 14.9 Å². The van der Waals surface area contributed by atoms with Crippen LogP contribution in [0, 0.1) is 0 Å². The van der Waals surface area contributed by atoms with Gasteiger partial charge >= 0.3 is 5.97 Å². The molecule has 114 valence electrons. The average molecular weight is 291 g/mol. The van der Waals surface area contributed by atoms with E-state index in [2.05, 4.69) is 0 Å². The number of aliphatic hydroxyl groups is 4. The summed E-state index contributed by atoms with van der Waals surface area (Å²) < 4.78 is 5.25. The molecule has 0 aliphatic carbocycles. The summed E-state index contributed by atoms with van der Waals surface area (Å²) in [6.45, 7) is -1.53. The predicted molar refractivity (Wildman–Crippen MR) is 61.3 cm³/mol. The minimum atomic E-state index is -2.05. The lowest BCUT2D eigenvalue weighted by molar-refractivity contribution is -0.216. The van der Waals surface area contributed by atoms with Gasteiger partial charge in [-0.05, 0) is 6.42 Å². The summed E-state index contributed by atoms with van der Waals surface area (Å²) in [6, 6.07) is -1.26. The van der Waals surface area contributed by atoms with Gasteiger partial charge in [-0.2, -0.15) is 0 Å². The van der Waals surface area contributed by atoms with Gasteiger partial charge in [-0.25, -0.2) is 4.79 Å². The molecule has 2 rings (SSSR count). The topological polar surface area (TPSA) is 148 Å². The highest BCUT2D eigenvalue weighted by Crippen LogP contribution is 2.39. The molecule has 20 heavy (non-hydrogen) atoms.